The number of Topliss-reactive ketones (excluding diaryl/α,β-unsaturated/α-hetero) is 2. The van der Waals surface area contributed by atoms with Crippen LogP contribution in [0.4, 0.5) is 21.0 Å². The Morgan fingerprint density at radius 3 is 1.61 bits per heavy atom. The molecule has 4 aromatic carbocycles. The molecule has 2 unspecified atom stereocenters. The summed E-state index contributed by atoms with van der Waals surface area (Å²) in [5, 5.41) is 5.89. The fraction of sp³-hybridized carbons (Fsp3) is 0.448. The summed E-state index contributed by atoms with van der Waals surface area (Å²) in [6, 6.07) is 25.6. The van der Waals surface area contributed by atoms with Gasteiger partial charge in [0, 0.05) is 26.2 Å². The lowest BCUT2D eigenvalue weighted by Crippen LogP contribution is -2.40. The number of hydrogen-bond acceptors (Lipinski definition) is 13. The summed E-state index contributed by atoms with van der Waals surface area (Å²) in [5.41, 5.74) is 4.92. The van der Waals surface area contributed by atoms with Gasteiger partial charge in [-0.05, 0) is 126 Å². The second kappa shape index (κ2) is 26.1. The molecule has 0 radical (unpaired) electrons. The van der Waals surface area contributed by atoms with Gasteiger partial charge in [0.2, 0.25) is 0 Å². The minimum atomic E-state index is -0.956. The highest BCUT2D eigenvalue weighted by Gasteiger charge is 2.43. The highest BCUT2D eigenvalue weighted by molar-refractivity contribution is 6.56. The number of ketones is 2. The number of anilines is 2. The Kier molecular flexibility index (Phi) is 20.4. The van der Waals surface area contributed by atoms with Gasteiger partial charge in [0.1, 0.15) is 11.2 Å². The Hall–Kier alpha value is -7.20. The number of carbonyl (C=O) groups excluding carboxylic acids is 8. The molecule has 7 rings (SSSR count). The molecule has 396 valence electrons. The number of rotatable bonds is 15. The first kappa shape index (κ1) is 57.7. The van der Waals surface area contributed by atoms with E-state index in [0.29, 0.717) is 37.1 Å². The van der Waals surface area contributed by atoms with E-state index in [1.165, 1.54) is 40.3 Å². The second-order valence-corrected chi connectivity index (χ2v) is 20.2. The van der Waals surface area contributed by atoms with Crippen molar-refractivity contribution in [1.29, 1.82) is 0 Å². The molecule has 0 saturated carbocycles. The predicted octanol–water partition coefficient (Wildman–Crippen LogP) is 10.9. The Bertz CT molecular complexity index is 2650. The summed E-state index contributed by atoms with van der Waals surface area (Å²) < 4.78 is 21.0. The van der Waals surface area contributed by atoms with E-state index in [2.05, 4.69) is 34.9 Å². The molecule has 4 aromatic rings. The third-order valence-electron chi connectivity index (χ3n) is 12.1. The topological polar surface area (TPSA) is 204 Å². The van der Waals surface area contributed by atoms with Gasteiger partial charge in [-0.3, -0.25) is 34.1 Å². The Morgan fingerprint density at radius 1 is 0.635 bits per heavy atom. The van der Waals surface area contributed by atoms with Crippen LogP contribution < -0.4 is 15.5 Å². The van der Waals surface area contributed by atoms with Crippen molar-refractivity contribution in [2.75, 3.05) is 23.4 Å². The summed E-state index contributed by atoms with van der Waals surface area (Å²) in [4.78, 5) is 104. The lowest BCUT2D eigenvalue weighted by molar-refractivity contribution is -0.146. The molecule has 0 bridgehead atoms. The summed E-state index contributed by atoms with van der Waals surface area (Å²) >= 11 is 0. The van der Waals surface area contributed by atoms with Gasteiger partial charge in [0.25, 0.3) is 17.5 Å². The monoisotopic (exact) mass is 1020 g/mol. The molecule has 4 amide bonds. The number of fused-ring (bicyclic) bond motifs is 3. The van der Waals surface area contributed by atoms with Crippen LogP contribution in [0.1, 0.15) is 174 Å². The number of carbonyl (C=O) groups is 8. The number of esters is 2. The van der Waals surface area contributed by atoms with E-state index in [1.54, 1.807) is 67.5 Å². The maximum atomic E-state index is 13.6. The van der Waals surface area contributed by atoms with E-state index in [4.69, 9.17) is 18.9 Å². The molecule has 2 N–H and O–H groups in total. The first-order valence-corrected chi connectivity index (χ1v) is 25.5. The molecule has 0 aromatic heterocycles. The maximum Gasteiger partial charge on any atom is 0.422 e. The van der Waals surface area contributed by atoms with Crippen LogP contribution in [0.3, 0.4) is 0 Å². The van der Waals surface area contributed by atoms with Gasteiger partial charge >= 0.3 is 30.0 Å². The van der Waals surface area contributed by atoms with Gasteiger partial charge < -0.3 is 29.2 Å². The van der Waals surface area contributed by atoms with Crippen LogP contribution in [0.25, 0.3) is 0 Å². The van der Waals surface area contributed by atoms with Gasteiger partial charge in [-0.15, -0.1) is 0 Å². The van der Waals surface area contributed by atoms with Crippen LogP contribution in [-0.2, 0) is 64.3 Å². The molecule has 3 heterocycles. The number of imide groups is 1. The van der Waals surface area contributed by atoms with Crippen molar-refractivity contribution in [3.05, 3.63) is 129 Å². The van der Waals surface area contributed by atoms with Gasteiger partial charge in [-0.1, -0.05) is 100 Å². The summed E-state index contributed by atoms with van der Waals surface area (Å²) in [6.07, 6.45) is 2.86. The van der Waals surface area contributed by atoms with E-state index in [-0.39, 0.29) is 47.7 Å². The Labute approximate surface area is 434 Å². The van der Waals surface area contributed by atoms with Gasteiger partial charge in [-0.25, -0.2) is 14.5 Å². The highest BCUT2D eigenvalue weighted by Crippen LogP contribution is 2.35. The van der Waals surface area contributed by atoms with Crippen molar-refractivity contribution >= 4 is 58.9 Å². The molecule has 0 saturated heterocycles. The van der Waals surface area contributed by atoms with Crippen molar-refractivity contribution in [2.45, 2.75) is 157 Å². The third-order valence-corrected chi connectivity index (χ3v) is 12.1. The minimum Gasteiger partial charge on any atom is -0.466 e. The van der Waals surface area contributed by atoms with Crippen molar-refractivity contribution in [2.24, 2.45) is 0 Å². The van der Waals surface area contributed by atoms with Crippen LogP contribution in [0.2, 0.25) is 0 Å². The van der Waals surface area contributed by atoms with Crippen molar-refractivity contribution in [3.63, 3.8) is 0 Å². The average molecular weight is 1020 g/mol. The molecule has 2 atom stereocenters. The van der Waals surface area contributed by atoms with Crippen LogP contribution in [0.5, 0.6) is 0 Å². The van der Waals surface area contributed by atoms with Crippen molar-refractivity contribution in [3.8, 4) is 0 Å². The minimum absolute atomic E-state index is 0.00936. The van der Waals surface area contributed by atoms with E-state index in [0.717, 1.165) is 54.8 Å². The number of unbranched alkanes of at least 4 members (excludes halogenated alkanes) is 2. The van der Waals surface area contributed by atoms with Crippen LogP contribution in [0, 0.1) is 0 Å². The number of hydrogen-bond donors (Lipinski definition) is 2. The van der Waals surface area contributed by atoms with E-state index in [1.807, 2.05) is 38.1 Å². The summed E-state index contributed by atoms with van der Waals surface area (Å²) in [5.74, 6) is -5.05. The lowest BCUT2D eigenvalue weighted by atomic mass is 9.91. The zero-order valence-electron chi connectivity index (χ0n) is 44.5. The number of nitrogens with zero attached hydrogens (tertiary/aromatic N) is 2. The largest absolute Gasteiger partial charge is 0.466 e. The van der Waals surface area contributed by atoms with Gasteiger partial charge in [0.05, 0.1) is 47.6 Å². The highest BCUT2D eigenvalue weighted by atomic mass is 16.6. The first-order chi connectivity index (χ1) is 35.1. The van der Waals surface area contributed by atoms with Gasteiger partial charge in [0.15, 0.2) is 0 Å². The standard InChI is InChI=1S/C29H36N2O6.C21H27NO6.C8H9N/c1-6-8-13-22(27(34)36-7-2)19-14-15-24(30-28(35)37-29(3,4)5)23(16-19)25(32)26(33)31-17-20-11-9-10-12-21(20)18-31;1-6-8-9-14(19(25)27-7-2)13-10-11-16-15(12-13)17(23)18(24)22(16)20(26)28-21(3,4)5;1-2-4-8-6-9-5-7(8)3-1/h9-12,14-16,22H,6-8,13,17-18H2,1-5H3,(H,30,35);10-12,14H,6-9H2,1-5H3;1-4,9H,5-6H2. The molecule has 0 fully saturated rings. The van der Waals surface area contributed by atoms with Crippen LogP contribution >= 0.6 is 0 Å². The quantitative estimate of drug-likeness (QED) is 0.0493. The van der Waals surface area contributed by atoms with E-state index >= 15 is 0 Å². The average Bonchev–Trinajstić information content (AvgIpc) is 4.07. The predicted molar refractivity (Wildman–Crippen MR) is 281 cm³/mol. The number of benzene rings is 4. The number of ether oxygens (including phenoxy) is 4. The molecule has 16 heteroatoms. The molecule has 16 nitrogen and oxygen atoms in total. The normalized spacial score (nSPS) is 14.2. The Balaban J connectivity index is 0.000000239. The van der Waals surface area contributed by atoms with Crippen molar-refractivity contribution < 1.29 is 57.3 Å². The number of nitrogens with one attached hydrogen (secondary N) is 2. The molecular formula is C58H72N4O12. The summed E-state index contributed by atoms with van der Waals surface area (Å²) in [7, 11) is 0. The smallest absolute Gasteiger partial charge is 0.422 e. The molecule has 3 aliphatic rings. The molecule has 0 spiro atoms. The SMILES string of the molecule is CCCCC(C(=O)OCC)c1ccc(NC(=O)OC(C)(C)C)c(C(=O)C(=O)N2Cc3ccccc3C2)c1.CCCCC(C(=O)OCC)c1ccc2c(c1)C(=O)C(=O)N2C(=O)OC(C)(C)C.c1ccc2c(c1)CNC2. The number of amides is 4. The summed E-state index contributed by atoms with van der Waals surface area (Å²) in [6.45, 7) is 21.0. The zero-order valence-corrected chi connectivity index (χ0v) is 44.5. The molecule has 3 aliphatic heterocycles. The van der Waals surface area contributed by atoms with E-state index in [9.17, 15) is 38.4 Å². The zero-order chi connectivity index (χ0) is 54.3. The lowest BCUT2D eigenvalue weighted by Gasteiger charge is -2.23. The van der Waals surface area contributed by atoms with E-state index < -0.39 is 58.6 Å². The Morgan fingerprint density at radius 2 is 1.12 bits per heavy atom. The van der Waals surface area contributed by atoms with Crippen LogP contribution in [-0.4, -0.2) is 76.8 Å². The fourth-order valence-corrected chi connectivity index (χ4v) is 8.56. The fourth-order valence-electron chi connectivity index (χ4n) is 8.56. The maximum absolute atomic E-state index is 13.6. The molecule has 0 aliphatic carbocycles. The van der Waals surface area contributed by atoms with Crippen LogP contribution in [0.15, 0.2) is 84.9 Å². The molecule has 74 heavy (non-hydrogen) atoms. The first-order valence-electron chi connectivity index (χ1n) is 25.5. The molecular weight excluding hydrogens is 945 g/mol. The third kappa shape index (κ3) is 15.4. The van der Waals surface area contributed by atoms with Crippen molar-refractivity contribution in [1.82, 2.24) is 10.2 Å². The van der Waals surface area contributed by atoms with Gasteiger partial charge in [-0.2, -0.15) is 0 Å². The second-order valence-electron chi connectivity index (χ2n) is 20.2.